The quantitative estimate of drug-likeness (QED) is 0.565. The molecule has 19 heavy (non-hydrogen) atoms. The van der Waals surface area contributed by atoms with E-state index in [0.717, 1.165) is 6.04 Å². The van der Waals surface area contributed by atoms with Gasteiger partial charge in [0, 0.05) is 14.7 Å². The lowest BCUT2D eigenvalue weighted by molar-refractivity contribution is 0.128. The average molecular weight is 286 g/mol. The van der Waals surface area contributed by atoms with Crippen LogP contribution in [0.25, 0.3) is 0 Å². The van der Waals surface area contributed by atoms with Crippen molar-refractivity contribution in [1.29, 1.82) is 0 Å². The molecule has 0 atom stereocenters. The van der Waals surface area contributed by atoms with Gasteiger partial charge in [-0.15, -0.1) is 0 Å². The summed E-state index contributed by atoms with van der Waals surface area (Å²) < 4.78 is 29.6. The Balaban J connectivity index is 2.73. The van der Waals surface area contributed by atoms with Gasteiger partial charge in [0.05, 0.1) is 26.4 Å². The number of ether oxygens (including phenoxy) is 3. The van der Waals surface area contributed by atoms with Crippen LogP contribution in [0.5, 0.6) is 11.5 Å². The Labute approximate surface area is 115 Å². The lowest BCUT2D eigenvalue weighted by Gasteiger charge is -2.17. The molecule has 0 fully saturated rings. The minimum absolute atomic E-state index is 0.201. The monoisotopic (exact) mass is 286 g/mol. The minimum atomic E-state index is -1.11. The van der Waals surface area contributed by atoms with Crippen molar-refractivity contribution in [1.82, 2.24) is 0 Å². The van der Waals surface area contributed by atoms with Crippen LogP contribution >= 0.6 is 0 Å². The van der Waals surface area contributed by atoms with Crippen molar-refractivity contribution in [3.8, 4) is 11.5 Å². The second-order valence-corrected chi connectivity index (χ2v) is 11.2. The minimum Gasteiger partial charge on any atom is -0.496 e. The average Bonchev–Trinajstić information content (AvgIpc) is 2.33. The molecule has 0 spiro atoms. The highest BCUT2D eigenvalue weighted by molar-refractivity contribution is 6.76. The summed E-state index contributed by atoms with van der Waals surface area (Å²) >= 11 is 0. The van der Waals surface area contributed by atoms with Gasteiger partial charge in [0.15, 0.2) is 11.6 Å². The van der Waals surface area contributed by atoms with Crippen molar-refractivity contribution in [3.05, 3.63) is 23.5 Å². The van der Waals surface area contributed by atoms with E-state index in [9.17, 15) is 4.39 Å². The predicted octanol–water partition coefficient (Wildman–Crippen LogP) is 3.70. The van der Waals surface area contributed by atoms with Crippen LogP contribution in [0.15, 0.2) is 12.1 Å². The molecule has 0 aromatic heterocycles. The Morgan fingerprint density at radius 2 is 1.79 bits per heavy atom. The maximum absolute atomic E-state index is 13.6. The number of methoxy groups -OCH3 is 2. The number of benzene rings is 1. The molecule has 3 nitrogen and oxygen atoms in total. The summed E-state index contributed by atoms with van der Waals surface area (Å²) in [5.41, 5.74) is 0.626. The van der Waals surface area contributed by atoms with Crippen molar-refractivity contribution in [2.24, 2.45) is 0 Å². The first-order valence-corrected chi connectivity index (χ1v) is 10.1. The fourth-order valence-electron chi connectivity index (χ4n) is 1.68. The van der Waals surface area contributed by atoms with Gasteiger partial charge in [-0.25, -0.2) is 4.39 Å². The Bertz CT molecular complexity index is 416. The molecule has 0 aliphatic heterocycles. The van der Waals surface area contributed by atoms with E-state index < -0.39 is 13.9 Å². The fraction of sp³-hybridized carbons (Fsp3) is 0.571. The van der Waals surface area contributed by atoms with Crippen LogP contribution in [0.1, 0.15) is 5.56 Å². The third-order valence-corrected chi connectivity index (χ3v) is 4.54. The first-order chi connectivity index (χ1) is 8.89. The van der Waals surface area contributed by atoms with Crippen LogP contribution in [0.3, 0.4) is 0 Å². The molecular formula is C14H23FO3Si. The predicted molar refractivity (Wildman–Crippen MR) is 77.3 cm³/mol. The molecule has 0 unspecified atom stereocenters. The normalized spacial score (nSPS) is 11.5. The molecule has 1 rings (SSSR count). The standard InChI is InChI=1S/C14H23FO3Si/c1-16-13-7-6-12(15)14(17-2)11(13)10-18-8-9-19(3,4)5/h6-7H,8-10H2,1-5H3. The van der Waals surface area contributed by atoms with Crippen molar-refractivity contribution >= 4 is 8.07 Å². The number of hydrogen-bond donors (Lipinski definition) is 0. The molecule has 0 aliphatic carbocycles. The summed E-state index contributed by atoms with van der Waals surface area (Å²) in [5, 5.41) is 0. The molecule has 0 bridgehead atoms. The van der Waals surface area contributed by atoms with E-state index in [0.29, 0.717) is 24.5 Å². The maximum Gasteiger partial charge on any atom is 0.165 e. The van der Waals surface area contributed by atoms with Gasteiger partial charge in [-0.1, -0.05) is 19.6 Å². The van der Waals surface area contributed by atoms with Gasteiger partial charge in [0.2, 0.25) is 0 Å². The van der Waals surface area contributed by atoms with Gasteiger partial charge in [0.25, 0.3) is 0 Å². The summed E-state index contributed by atoms with van der Waals surface area (Å²) in [4.78, 5) is 0. The van der Waals surface area contributed by atoms with Crippen LogP contribution in [-0.2, 0) is 11.3 Å². The van der Waals surface area contributed by atoms with Crippen LogP contribution in [0.4, 0.5) is 4.39 Å². The zero-order valence-corrected chi connectivity index (χ0v) is 13.4. The molecule has 5 heteroatoms. The molecule has 0 saturated heterocycles. The third kappa shape index (κ3) is 4.84. The Kier molecular flexibility index (Phi) is 5.81. The van der Waals surface area contributed by atoms with Gasteiger partial charge in [-0.2, -0.15) is 0 Å². The molecule has 0 N–H and O–H groups in total. The van der Waals surface area contributed by atoms with Crippen molar-refractivity contribution < 1.29 is 18.6 Å². The summed E-state index contributed by atoms with van der Waals surface area (Å²) in [6.07, 6.45) is 0. The van der Waals surface area contributed by atoms with Crippen LogP contribution in [0, 0.1) is 5.82 Å². The zero-order valence-electron chi connectivity index (χ0n) is 12.4. The van der Waals surface area contributed by atoms with E-state index in [-0.39, 0.29) is 5.75 Å². The molecule has 1 aromatic carbocycles. The molecule has 0 heterocycles. The highest BCUT2D eigenvalue weighted by atomic mass is 28.3. The summed E-state index contributed by atoms with van der Waals surface area (Å²) in [5.74, 6) is 0.394. The van der Waals surface area contributed by atoms with E-state index in [1.165, 1.54) is 13.2 Å². The van der Waals surface area contributed by atoms with Crippen LogP contribution < -0.4 is 9.47 Å². The van der Waals surface area contributed by atoms with Gasteiger partial charge in [-0.3, -0.25) is 0 Å². The SMILES string of the molecule is COc1ccc(F)c(OC)c1COCC[Si](C)(C)C. The van der Waals surface area contributed by atoms with E-state index in [1.54, 1.807) is 13.2 Å². The molecule has 0 radical (unpaired) electrons. The highest BCUT2D eigenvalue weighted by Crippen LogP contribution is 2.31. The number of rotatable bonds is 7. The Morgan fingerprint density at radius 3 is 2.32 bits per heavy atom. The zero-order chi connectivity index (χ0) is 14.5. The van der Waals surface area contributed by atoms with Gasteiger partial charge in [0.1, 0.15) is 5.75 Å². The second-order valence-electron chi connectivity index (χ2n) is 5.62. The van der Waals surface area contributed by atoms with E-state index >= 15 is 0 Å². The van der Waals surface area contributed by atoms with E-state index in [2.05, 4.69) is 19.6 Å². The summed E-state index contributed by atoms with van der Waals surface area (Å²) in [6.45, 7) is 7.85. The number of hydrogen-bond acceptors (Lipinski definition) is 3. The molecular weight excluding hydrogens is 263 g/mol. The second kappa shape index (κ2) is 6.91. The topological polar surface area (TPSA) is 27.7 Å². The number of halogens is 1. The van der Waals surface area contributed by atoms with Gasteiger partial charge >= 0.3 is 0 Å². The highest BCUT2D eigenvalue weighted by Gasteiger charge is 2.16. The maximum atomic E-state index is 13.6. The lowest BCUT2D eigenvalue weighted by Crippen LogP contribution is -2.21. The van der Waals surface area contributed by atoms with E-state index in [1.807, 2.05) is 0 Å². The molecule has 108 valence electrons. The smallest absolute Gasteiger partial charge is 0.165 e. The molecule has 0 aliphatic rings. The Hall–Kier alpha value is -1.07. The van der Waals surface area contributed by atoms with Crippen molar-refractivity contribution in [2.45, 2.75) is 32.3 Å². The fourth-order valence-corrected chi connectivity index (χ4v) is 2.44. The van der Waals surface area contributed by atoms with Crippen LogP contribution in [-0.4, -0.2) is 28.9 Å². The molecule has 0 amide bonds. The summed E-state index contributed by atoms with van der Waals surface area (Å²) in [6, 6.07) is 4.01. The molecule has 1 aromatic rings. The van der Waals surface area contributed by atoms with Crippen molar-refractivity contribution in [3.63, 3.8) is 0 Å². The lowest BCUT2D eigenvalue weighted by atomic mass is 10.2. The van der Waals surface area contributed by atoms with E-state index in [4.69, 9.17) is 14.2 Å². The Morgan fingerprint density at radius 1 is 1.11 bits per heavy atom. The van der Waals surface area contributed by atoms with Gasteiger partial charge < -0.3 is 14.2 Å². The third-order valence-electron chi connectivity index (χ3n) is 2.84. The van der Waals surface area contributed by atoms with Gasteiger partial charge in [-0.05, 0) is 18.2 Å². The van der Waals surface area contributed by atoms with Crippen LogP contribution in [0.2, 0.25) is 25.7 Å². The first-order valence-electron chi connectivity index (χ1n) is 6.36. The molecule has 0 saturated carbocycles. The van der Waals surface area contributed by atoms with Crippen molar-refractivity contribution in [2.75, 3.05) is 20.8 Å². The largest absolute Gasteiger partial charge is 0.496 e. The summed E-state index contributed by atoms with van der Waals surface area (Å²) in [7, 11) is 1.89. The first kappa shape index (κ1) is 16.0.